The first-order valence-corrected chi connectivity index (χ1v) is 10.4. The molecule has 5 nitrogen and oxygen atoms in total. The number of benzene rings is 2. The highest BCUT2D eigenvalue weighted by Gasteiger charge is 2.45. The van der Waals surface area contributed by atoms with Crippen LogP contribution in [0.3, 0.4) is 0 Å². The van der Waals surface area contributed by atoms with Crippen molar-refractivity contribution in [3.63, 3.8) is 0 Å². The van der Waals surface area contributed by atoms with Crippen LogP contribution >= 0.6 is 0 Å². The van der Waals surface area contributed by atoms with E-state index in [-0.39, 0.29) is 35.4 Å². The molecule has 2 aromatic rings. The van der Waals surface area contributed by atoms with Crippen molar-refractivity contribution in [1.82, 2.24) is 5.32 Å². The first-order chi connectivity index (χ1) is 12.4. The van der Waals surface area contributed by atoms with Gasteiger partial charge in [-0.2, -0.15) is 0 Å². The van der Waals surface area contributed by atoms with E-state index >= 15 is 0 Å². The molecule has 0 saturated heterocycles. The minimum atomic E-state index is -3.49. The number of aliphatic hydroxyl groups is 1. The van der Waals surface area contributed by atoms with Crippen molar-refractivity contribution in [1.29, 1.82) is 0 Å². The van der Waals surface area contributed by atoms with Gasteiger partial charge in [0.2, 0.25) is 5.91 Å². The van der Waals surface area contributed by atoms with Gasteiger partial charge in [-0.1, -0.05) is 48.5 Å². The largest absolute Gasteiger partial charge is 0.383 e. The Kier molecular flexibility index (Phi) is 5.44. The Bertz CT molecular complexity index is 848. The van der Waals surface area contributed by atoms with Gasteiger partial charge in [0.05, 0.1) is 17.2 Å². The molecule has 0 aromatic heterocycles. The lowest BCUT2D eigenvalue weighted by Crippen LogP contribution is -2.42. The molecule has 1 aliphatic rings. The highest BCUT2D eigenvalue weighted by Crippen LogP contribution is 2.45. The molecule has 0 heterocycles. The number of rotatable bonds is 8. The van der Waals surface area contributed by atoms with Crippen LogP contribution in [0.25, 0.3) is 0 Å². The summed E-state index contributed by atoms with van der Waals surface area (Å²) in [5.41, 5.74) is -0.324. The zero-order valence-electron chi connectivity index (χ0n) is 14.5. The summed E-state index contributed by atoms with van der Waals surface area (Å²) >= 11 is 0. The molecule has 1 amide bonds. The van der Waals surface area contributed by atoms with Gasteiger partial charge in [0.25, 0.3) is 0 Å². The summed E-state index contributed by atoms with van der Waals surface area (Å²) in [6.45, 7) is 0.0892. The molecule has 2 aromatic carbocycles. The topological polar surface area (TPSA) is 83.5 Å². The maximum Gasteiger partial charge on any atom is 0.221 e. The number of carbonyl (C=O) groups excluding carboxylic acids is 1. The summed E-state index contributed by atoms with van der Waals surface area (Å²) in [7, 11) is -3.49. The van der Waals surface area contributed by atoms with E-state index < -0.39 is 15.4 Å². The maximum absolute atomic E-state index is 12.2. The number of hydrogen-bond donors (Lipinski definition) is 2. The van der Waals surface area contributed by atoms with Crippen LogP contribution in [0.5, 0.6) is 0 Å². The molecule has 0 aliphatic heterocycles. The summed E-state index contributed by atoms with van der Waals surface area (Å²) in [6.07, 6.45) is 1.71. The third-order valence-electron chi connectivity index (χ3n) is 4.78. The monoisotopic (exact) mass is 373 g/mol. The van der Waals surface area contributed by atoms with Gasteiger partial charge in [-0.15, -0.1) is 0 Å². The molecule has 1 unspecified atom stereocenters. The number of sulfone groups is 1. The summed E-state index contributed by atoms with van der Waals surface area (Å²) in [6, 6.07) is 17.4. The lowest BCUT2D eigenvalue weighted by atomic mass is 9.88. The summed E-state index contributed by atoms with van der Waals surface area (Å²) < 4.78 is 24.5. The Balaban J connectivity index is 1.58. The average molecular weight is 373 g/mol. The van der Waals surface area contributed by atoms with Crippen LogP contribution < -0.4 is 5.32 Å². The van der Waals surface area contributed by atoms with Crippen LogP contribution in [-0.2, 0) is 20.2 Å². The third-order valence-corrected chi connectivity index (χ3v) is 6.51. The SMILES string of the molecule is O=C(CCS(=O)(=O)c1ccccc1)NCC(O)(c1ccccc1)C1CC1. The van der Waals surface area contributed by atoms with Crippen LogP contribution in [0.15, 0.2) is 65.6 Å². The van der Waals surface area contributed by atoms with E-state index in [0.29, 0.717) is 0 Å². The fourth-order valence-corrected chi connectivity index (χ4v) is 4.33. The van der Waals surface area contributed by atoms with Crippen molar-refractivity contribution in [2.45, 2.75) is 29.8 Å². The zero-order chi connectivity index (χ0) is 18.6. The molecule has 1 aliphatic carbocycles. The Hall–Kier alpha value is -2.18. The molecular weight excluding hydrogens is 350 g/mol. The van der Waals surface area contributed by atoms with Gasteiger partial charge < -0.3 is 10.4 Å². The Labute approximate surface area is 154 Å². The van der Waals surface area contributed by atoms with E-state index in [4.69, 9.17) is 0 Å². The third kappa shape index (κ3) is 4.31. The van der Waals surface area contributed by atoms with Gasteiger partial charge in [-0.3, -0.25) is 4.79 Å². The van der Waals surface area contributed by atoms with E-state index in [9.17, 15) is 18.3 Å². The van der Waals surface area contributed by atoms with Gasteiger partial charge in [-0.05, 0) is 36.5 Å². The molecule has 1 saturated carbocycles. The predicted octanol–water partition coefficient (Wildman–Crippen LogP) is 2.26. The van der Waals surface area contributed by atoms with Crippen molar-refractivity contribution < 1.29 is 18.3 Å². The first-order valence-electron chi connectivity index (χ1n) is 8.74. The second-order valence-electron chi connectivity index (χ2n) is 6.72. The molecule has 2 N–H and O–H groups in total. The Morgan fingerprint density at radius 2 is 1.62 bits per heavy atom. The molecule has 0 bridgehead atoms. The molecule has 0 radical (unpaired) electrons. The van der Waals surface area contributed by atoms with Gasteiger partial charge in [0.1, 0.15) is 5.60 Å². The van der Waals surface area contributed by atoms with Crippen molar-refractivity contribution in [3.8, 4) is 0 Å². The highest BCUT2D eigenvalue weighted by atomic mass is 32.2. The smallest absolute Gasteiger partial charge is 0.221 e. The summed E-state index contributed by atoms with van der Waals surface area (Å²) in [4.78, 5) is 12.4. The van der Waals surface area contributed by atoms with Gasteiger partial charge in [0, 0.05) is 6.42 Å². The number of amides is 1. The molecule has 26 heavy (non-hydrogen) atoms. The minimum Gasteiger partial charge on any atom is -0.383 e. The second-order valence-corrected chi connectivity index (χ2v) is 8.83. The standard InChI is InChI=1S/C20H23NO4S/c22-19(13-14-26(24,25)18-9-5-2-6-10-18)21-15-20(23,17-11-12-17)16-7-3-1-4-8-16/h1-10,17,23H,11-15H2,(H,21,22). The fraction of sp³-hybridized carbons (Fsp3) is 0.350. The zero-order valence-corrected chi connectivity index (χ0v) is 15.3. The predicted molar refractivity (Wildman–Crippen MR) is 99.2 cm³/mol. The molecular formula is C20H23NO4S. The van der Waals surface area contributed by atoms with E-state index in [0.717, 1.165) is 18.4 Å². The maximum atomic E-state index is 12.2. The minimum absolute atomic E-state index is 0.0892. The summed E-state index contributed by atoms with van der Waals surface area (Å²) in [5, 5.41) is 13.8. The number of carbonyl (C=O) groups is 1. The molecule has 3 rings (SSSR count). The van der Waals surface area contributed by atoms with Crippen molar-refractivity contribution in [2.24, 2.45) is 5.92 Å². The second kappa shape index (κ2) is 7.60. The van der Waals surface area contributed by atoms with Gasteiger partial charge in [0.15, 0.2) is 9.84 Å². The molecule has 6 heteroatoms. The van der Waals surface area contributed by atoms with E-state index in [1.807, 2.05) is 30.3 Å². The van der Waals surface area contributed by atoms with Gasteiger partial charge in [-0.25, -0.2) is 8.42 Å². The van der Waals surface area contributed by atoms with Crippen LogP contribution in [0, 0.1) is 5.92 Å². The van der Waals surface area contributed by atoms with Gasteiger partial charge >= 0.3 is 0 Å². The van der Waals surface area contributed by atoms with Crippen LogP contribution in [-0.4, -0.2) is 31.7 Å². The van der Waals surface area contributed by atoms with Crippen molar-refractivity contribution in [3.05, 3.63) is 66.2 Å². The van der Waals surface area contributed by atoms with Crippen LogP contribution in [0.4, 0.5) is 0 Å². The average Bonchev–Trinajstić information content (AvgIpc) is 3.52. The Morgan fingerprint density at radius 3 is 2.19 bits per heavy atom. The highest BCUT2D eigenvalue weighted by molar-refractivity contribution is 7.91. The van der Waals surface area contributed by atoms with E-state index in [1.54, 1.807) is 18.2 Å². The number of nitrogens with one attached hydrogen (secondary N) is 1. The molecule has 138 valence electrons. The Morgan fingerprint density at radius 1 is 1.04 bits per heavy atom. The van der Waals surface area contributed by atoms with E-state index in [1.165, 1.54) is 12.1 Å². The fourth-order valence-electron chi connectivity index (χ4n) is 3.06. The quantitative estimate of drug-likeness (QED) is 0.743. The van der Waals surface area contributed by atoms with E-state index in [2.05, 4.69) is 5.32 Å². The molecule has 1 atom stereocenters. The lowest BCUT2D eigenvalue weighted by Gasteiger charge is -2.29. The van der Waals surface area contributed by atoms with Crippen molar-refractivity contribution >= 4 is 15.7 Å². The molecule has 0 spiro atoms. The van der Waals surface area contributed by atoms with Crippen LogP contribution in [0.2, 0.25) is 0 Å². The number of hydrogen-bond acceptors (Lipinski definition) is 4. The van der Waals surface area contributed by atoms with Crippen molar-refractivity contribution in [2.75, 3.05) is 12.3 Å². The normalized spacial score (nSPS) is 16.7. The van der Waals surface area contributed by atoms with Crippen LogP contribution in [0.1, 0.15) is 24.8 Å². The first kappa shape index (κ1) is 18.6. The lowest BCUT2D eigenvalue weighted by molar-refractivity contribution is -0.122. The molecule has 1 fully saturated rings. The summed E-state index contributed by atoms with van der Waals surface area (Å²) in [5.74, 6) is -0.506.